The van der Waals surface area contributed by atoms with Crippen LogP contribution in [-0.2, 0) is 0 Å². The zero-order valence-electron chi connectivity index (χ0n) is 10.9. The van der Waals surface area contributed by atoms with Crippen LogP contribution < -0.4 is 0 Å². The van der Waals surface area contributed by atoms with Gasteiger partial charge in [-0.15, -0.1) is 0 Å². The highest BCUT2D eigenvalue weighted by Crippen LogP contribution is 2.24. The van der Waals surface area contributed by atoms with Crippen molar-refractivity contribution in [3.8, 4) is 0 Å². The summed E-state index contributed by atoms with van der Waals surface area (Å²) in [6, 6.07) is 5.65. The molecular weight excluding hydrogens is 328 g/mol. The lowest BCUT2D eigenvalue weighted by Crippen LogP contribution is -2.14. The van der Waals surface area contributed by atoms with Gasteiger partial charge in [0.25, 0.3) is 0 Å². The molecule has 2 rings (SSSR count). The van der Waals surface area contributed by atoms with Crippen molar-refractivity contribution in [2.24, 2.45) is 0 Å². The second-order valence-electron chi connectivity index (χ2n) is 4.67. The second kappa shape index (κ2) is 5.47. The van der Waals surface area contributed by atoms with Gasteiger partial charge in [0.1, 0.15) is 5.69 Å². The number of nitrogens with zero attached hydrogens (tertiary/aromatic N) is 2. The van der Waals surface area contributed by atoms with Crippen molar-refractivity contribution in [1.29, 1.82) is 0 Å². The van der Waals surface area contributed by atoms with Gasteiger partial charge < -0.3 is 0 Å². The minimum absolute atomic E-state index is 0.0854. The molecule has 0 spiro atoms. The summed E-state index contributed by atoms with van der Waals surface area (Å²) in [4.78, 5) is 12.6. The van der Waals surface area contributed by atoms with Gasteiger partial charge in [-0.2, -0.15) is 5.10 Å². The monoisotopic (exact) mass is 340 g/mol. The number of aromatic nitrogens is 2. The van der Waals surface area contributed by atoms with Crippen molar-refractivity contribution in [3.05, 3.63) is 50.7 Å². The summed E-state index contributed by atoms with van der Waals surface area (Å²) in [7, 11) is 0. The van der Waals surface area contributed by atoms with Gasteiger partial charge >= 0.3 is 0 Å². The zero-order valence-corrected chi connectivity index (χ0v) is 13.3. The molecule has 0 saturated carbocycles. The van der Waals surface area contributed by atoms with Crippen molar-refractivity contribution < 1.29 is 4.79 Å². The number of halogens is 2. The Morgan fingerprint density at radius 3 is 2.68 bits per heavy atom. The van der Waals surface area contributed by atoms with Crippen LogP contribution in [0.25, 0.3) is 0 Å². The van der Waals surface area contributed by atoms with Crippen LogP contribution in [0, 0.1) is 6.92 Å². The van der Waals surface area contributed by atoms with E-state index in [1.807, 2.05) is 32.9 Å². The number of aryl methyl sites for hydroxylation is 1. The summed E-state index contributed by atoms with van der Waals surface area (Å²) < 4.78 is 2.61. The van der Waals surface area contributed by atoms with Gasteiger partial charge in [0.15, 0.2) is 0 Å². The second-order valence-corrected chi connectivity index (χ2v) is 5.99. The lowest BCUT2D eigenvalue weighted by atomic mass is 10.0. The van der Waals surface area contributed by atoms with Crippen molar-refractivity contribution in [3.63, 3.8) is 0 Å². The molecule has 0 aliphatic carbocycles. The molecule has 100 valence electrons. The summed E-state index contributed by atoms with van der Waals surface area (Å²) >= 11 is 9.50. The van der Waals surface area contributed by atoms with E-state index in [9.17, 15) is 4.79 Å². The lowest BCUT2D eigenvalue weighted by Gasteiger charge is -2.12. The highest BCUT2D eigenvalue weighted by Gasteiger charge is 2.21. The van der Waals surface area contributed by atoms with Gasteiger partial charge in [0.05, 0.1) is 11.2 Å². The van der Waals surface area contributed by atoms with Crippen LogP contribution in [0.2, 0.25) is 5.02 Å². The molecule has 0 aliphatic rings. The maximum atomic E-state index is 12.6. The maximum Gasteiger partial charge on any atom is 0.212 e. The molecule has 1 aromatic carbocycles. The number of carbonyl (C=O) groups is 1. The van der Waals surface area contributed by atoms with Gasteiger partial charge in [-0.1, -0.05) is 27.5 Å². The van der Waals surface area contributed by atoms with Crippen LogP contribution in [0.5, 0.6) is 0 Å². The molecular formula is C14H14BrClN2O. The molecule has 1 aromatic heterocycles. The Kier molecular flexibility index (Phi) is 4.11. The van der Waals surface area contributed by atoms with Crippen LogP contribution in [0.15, 0.2) is 28.9 Å². The first kappa shape index (κ1) is 14.3. The average molecular weight is 342 g/mol. The third-order valence-corrected chi connectivity index (χ3v) is 3.66. The standard InChI is InChI=1S/C14H14BrClN2O/c1-8(2)18-13(12(16)7-17-18)14(19)11-5-4-10(15)6-9(11)3/h4-8H,1-3H3. The van der Waals surface area contributed by atoms with Crippen LogP contribution >= 0.6 is 27.5 Å². The van der Waals surface area contributed by atoms with Gasteiger partial charge in [-0.3, -0.25) is 9.48 Å². The maximum absolute atomic E-state index is 12.6. The topological polar surface area (TPSA) is 34.9 Å². The predicted molar refractivity (Wildman–Crippen MR) is 79.9 cm³/mol. The molecule has 19 heavy (non-hydrogen) atoms. The summed E-state index contributed by atoms with van der Waals surface area (Å²) in [6.07, 6.45) is 1.52. The Balaban J connectivity index is 2.53. The van der Waals surface area contributed by atoms with Crippen LogP contribution in [0.1, 0.15) is 41.5 Å². The molecule has 0 N–H and O–H groups in total. The summed E-state index contributed by atoms with van der Waals surface area (Å²) in [5.74, 6) is -0.0961. The number of benzene rings is 1. The highest BCUT2D eigenvalue weighted by molar-refractivity contribution is 9.10. The molecule has 0 fully saturated rings. The van der Waals surface area contributed by atoms with E-state index < -0.39 is 0 Å². The molecule has 0 amide bonds. The average Bonchev–Trinajstić information content (AvgIpc) is 2.70. The van der Waals surface area contributed by atoms with Crippen molar-refractivity contribution in [2.75, 3.05) is 0 Å². The summed E-state index contributed by atoms with van der Waals surface area (Å²) in [5.41, 5.74) is 2.00. The van der Waals surface area contributed by atoms with Gasteiger partial charge in [-0.05, 0) is 44.5 Å². The smallest absolute Gasteiger partial charge is 0.212 e. The molecule has 0 unspecified atom stereocenters. The molecule has 1 heterocycles. The molecule has 0 atom stereocenters. The van der Waals surface area contributed by atoms with Crippen molar-refractivity contribution in [1.82, 2.24) is 9.78 Å². The van der Waals surface area contributed by atoms with E-state index in [2.05, 4.69) is 21.0 Å². The Labute approximate surface area is 125 Å². The third-order valence-electron chi connectivity index (χ3n) is 2.89. The van der Waals surface area contributed by atoms with E-state index in [1.54, 1.807) is 10.7 Å². The fraction of sp³-hybridized carbons (Fsp3) is 0.286. The first-order chi connectivity index (χ1) is 8.91. The fourth-order valence-electron chi connectivity index (χ4n) is 1.95. The minimum Gasteiger partial charge on any atom is -0.287 e. The molecule has 0 bridgehead atoms. The van der Waals surface area contributed by atoms with E-state index in [4.69, 9.17) is 11.6 Å². The number of ketones is 1. The number of hydrogen-bond acceptors (Lipinski definition) is 2. The minimum atomic E-state index is -0.0961. The number of carbonyl (C=O) groups excluding carboxylic acids is 1. The third kappa shape index (κ3) is 2.74. The van der Waals surface area contributed by atoms with Crippen molar-refractivity contribution in [2.45, 2.75) is 26.8 Å². The summed E-state index contributed by atoms with van der Waals surface area (Å²) in [5, 5.41) is 4.55. The molecule has 0 radical (unpaired) electrons. The molecule has 0 aliphatic heterocycles. The van der Waals surface area contributed by atoms with Crippen molar-refractivity contribution >= 4 is 33.3 Å². The quantitative estimate of drug-likeness (QED) is 0.775. The Hall–Kier alpha value is -1.13. The first-order valence-corrected chi connectivity index (χ1v) is 7.12. The molecule has 0 saturated heterocycles. The van der Waals surface area contributed by atoms with E-state index >= 15 is 0 Å². The number of rotatable bonds is 3. The molecule has 3 nitrogen and oxygen atoms in total. The predicted octanol–water partition coefficient (Wildman–Crippen LogP) is 4.42. The largest absolute Gasteiger partial charge is 0.287 e. The fourth-order valence-corrected chi connectivity index (χ4v) is 2.65. The molecule has 2 aromatic rings. The zero-order chi connectivity index (χ0) is 14.2. The van der Waals surface area contributed by atoms with Gasteiger partial charge in [-0.25, -0.2) is 0 Å². The lowest BCUT2D eigenvalue weighted by molar-refractivity contribution is 0.102. The highest BCUT2D eigenvalue weighted by atomic mass is 79.9. The van der Waals surface area contributed by atoms with Crippen LogP contribution in [0.4, 0.5) is 0 Å². The van der Waals surface area contributed by atoms with E-state index in [1.165, 1.54) is 6.20 Å². The Bertz CT molecular complexity index is 634. The van der Waals surface area contributed by atoms with E-state index in [0.29, 0.717) is 16.3 Å². The summed E-state index contributed by atoms with van der Waals surface area (Å²) in [6.45, 7) is 5.84. The van der Waals surface area contributed by atoms with Crippen LogP contribution in [-0.4, -0.2) is 15.6 Å². The molecule has 5 heteroatoms. The van der Waals surface area contributed by atoms with Gasteiger partial charge in [0, 0.05) is 16.1 Å². The Morgan fingerprint density at radius 1 is 1.42 bits per heavy atom. The van der Waals surface area contributed by atoms with E-state index in [0.717, 1.165) is 10.0 Å². The van der Waals surface area contributed by atoms with Crippen LogP contribution in [0.3, 0.4) is 0 Å². The SMILES string of the molecule is Cc1cc(Br)ccc1C(=O)c1c(Cl)cnn1C(C)C. The number of hydrogen-bond donors (Lipinski definition) is 0. The first-order valence-electron chi connectivity index (χ1n) is 5.95. The Morgan fingerprint density at radius 2 is 2.11 bits per heavy atom. The van der Waals surface area contributed by atoms with Gasteiger partial charge in [0.2, 0.25) is 5.78 Å². The normalized spacial score (nSPS) is 11.1. The van der Waals surface area contributed by atoms with E-state index in [-0.39, 0.29) is 11.8 Å².